The van der Waals surface area contributed by atoms with E-state index in [1.807, 2.05) is 48.4 Å². The molecule has 1 aliphatic rings. The number of nitrogens with zero attached hydrogens (tertiary/aromatic N) is 2. The molecule has 0 spiro atoms. The first-order valence-corrected chi connectivity index (χ1v) is 9.99. The van der Waals surface area contributed by atoms with Crippen molar-refractivity contribution in [3.8, 4) is 5.75 Å². The summed E-state index contributed by atoms with van der Waals surface area (Å²) in [5.41, 5.74) is 3.57. The molecular weight excluding hydrogens is 503 g/mol. The van der Waals surface area contributed by atoms with E-state index < -0.39 is 0 Å². The number of aryl methyl sites for hydroxylation is 1. The Bertz CT molecular complexity index is 1030. The molecule has 0 amide bonds. The minimum atomic E-state index is 0. The lowest BCUT2D eigenvalue weighted by molar-refractivity contribution is -0.691. The van der Waals surface area contributed by atoms with Crippen molar-refractivity contribution in [1.29, 1.82) is 0 Å². The Morgan fingerprint density at radius 2 is 1.96 bits per heavy atom. The summed E-state index contributed by atoms with van der Waals surface area (Å²) < 4.78 is 8.24. The van der Waals surface area contributed by atoms with Crippen molar-refractivity contribution in [2.24, 2.45) is 0 Å². The second-order valence-corrected chi connectivity index (χ2v) is 7.75. The van der Waals surface area contributed by atoms with E-state index in [0.717, 1.165) is 23.9 Å². The van der Waals surface area contributed by atoms with Crippen molar-refractivity contribution in [1.82, 2.24) is 0 Å². The van der Waals surface area contributed by atoms with Gasteiger partial charge in [-0.15, -0.1) is 0 Å². The first kappa shape index (κ1) is 20.9. The van der Waals surface area contributed by atoms with E-state index >= 15 is 0 Å². The van der Waals surface area contributed by atoms with Gasteiger partial charge < -0.3 is 33.6 Å². The fourth-order valence-corrected chi connectivity index (χ4v) is 4.12. The smallest absolute Gasteiger partial charge is 0.262 e. The van der Waals surface area contributed by atoms with Gasteiger partial charge in [0.25, 0.3) is 5.01 Å². The van der Waals surface area contributed by atoms with E-state index in [0.29, 0.717) is 5.02 Å². The molecule has 3 aromatic rings. The van der Waals surface area contributed by atoms with Crippen LogP contribution < -0.4 is 38.2 Å². The third-order valence-electron chi connectivity index (χ3n) is 4.53. The fraction of sp³-hybridized carbons (Fsp3) is 0.136. The highest BCUT2D eigenvalue weighted by Gasteiger charge is 2.22. The number of benzene rings is 2. The van der Waals surface area contributed by atoms with Crippen LogP contribution in [0.3, 0.4) is 0 Å². The van der Waals surface area contributed by atoms with E-state index in [9.17, 15) is 0 Å². The predicted octanol–water partition coefficient (Wildman–Crippen LogP) is 2.43. The number of hydrogen-bond acceptors (Lipinski definition) is 3. The molecule has 0 bridgehead atoms. The molecule has 28 heavy (non-hydrogen) atoms. The summed E-state index contributed by atoms with van der Waals surface area (Å²) in [7, 11) is 1.99. The van der Waals surface area contributed by atoms with E-state index in [4.69, 9.17) is 16.3 Å². The lowest BCUT2D eigenvalue weighted by Crippen LogP contribution is -3.00. The molecular formula is C22H20ClIN2OS. The Hall–Kier alpha value is -1.83. The van der Waals surface area contributed by atoms with Crippen LogP contribution >= 0.6 is 22.9 Å². The minimum Gasteiger partial charge on any atom is -1.00 e. The molecule has 0 N–H and O–H groups in total. The van der Waals surface area contributed by atoms with Crippen molar-refractivity contribution in [2.75, 3.05) is 11.9 Å². The molecule has 2 heterocycles. The van der Waals surface area contributed by atoms with Crippen molar-refractivity contribution in [3.63, 3.8) is 0 Å². The van der Waals surface area contributed by atoms with Crippen LogP contribution in [0.1, 0.15) is 16.3 Å². The lowest BCUT2D eigenvalue weighted by Gasteiger charge is -2.09. The zero-order chi connectivity index (χ0) is 18.8. The van der Waals surface area contributed by atoms with Gasteiger partial charge in [0.1, 0.15) is 0 Å². The number of allylic oxidation sites excluding steroid dienone is 2. The van der Waals surface area contributed by atoms with Crippen LogP contribution in [0.4, 0.5) is 5.69 Å². The maximum atomic E-state index is 6.06. The second kappa shape index (κ2) is 9.11. The van der Waals surface area contributed by atoms with E-state index in [1.165, 1.54) is 16.3 Å². The number of hydrogen-bond donors (Lipinski definition) is 0. The van der Waals surface area contributed by atoms with Crippen LogP contribution in [0.2, 0.25) is 5.02 Å². The van der Waals surface area contributed by atoms with Gasteiger partial charge in [-0.3, -0.25) is 0 Å². The fourth-order valence-electron chi connectivity index (χ4n) is 3.05. The summed E-state index contributed by atoms with van der Waals surface area (Å²) >= 11 is 7.80. The van der Waals surface area contributed by atoms with Crippen LogP contribution in [0, 0.1) is 6.92 Å². The quantitative estimate of drug-likeness (QED) is 0.387. The van der Waals surface area contributed by atoms with Crippen LogP contribution in [-0.4, -0.2) is 7.05 Å². The average molecular weight is 523 g/mol. The van der Waals surface area contributed by atoms with E-state index in [1.54, 1.807) is 11.3 Å². The molecule has 0 saturated carbocycles. The average Bonchev–Trinajstić information content (AvgIpc) is 3.16. The second-order valence-electron chi connectivity index (χ2n) is 6.42. The zero-order valence-corrected chi connectivity index (χ0v) is 19.3. The summed E-state index contributed by atoms with van der Waals surface area (Å²) in [6.45, 7) is 3.01. The van der Waals surface area contributed by atoms with Crippen LogP contribution in [0.5, 0.6) is 5.75 Å². The maximum absolute atomic E-state index is 6.06. The standard InChI is InChI=1S/C22H20ClN2OS.HI/c1-16-15-27-22(25(16)14-17-7-4-3-5-8-17)10-6-9-21-24(2)19-12-11-18(23)13-20(19)26-21;/h3-13,15H,14H2,1-2H3;1H/q+1;/p-1. The van der Waals surface area contributed by atoms with Gasteiger partial charge in [0, 0.05) is 36.7 Å². The molecule has 2 aromatic carbocycles. The molecule has 0 radical (unpaired) electrons. The Labute approximate surface area is 191 Å². The Morgan fingerprint density at radius 3 is 2.75 bits per heavy atom. The van der Waals surface area contributed by atoms with E-state index in [2.05, 4.69) is 47.2 Å². The molecule has 1 aliphatic heterocycles. The number of rotatable bonds is 4. The highest BCUT2D eigenvalue weighted by atomic mass is 127. The Morgan fingerprint density at radius 1 is 1.18 bits per heavy atom. The molecule has 0 aliphatic carbocycles. The summed E-state index contributed by atoms with van der Waals surface area (Å²) in [5.74, 6) is 1.57. The Kier molecular flexibility index (Phi) is 6.80. The molecule has 0 fully saturated rings. The summed E-state index contributed by atoms with van der Waals surface area (Å²) in [6, 6.07) is 16.2. The molecule has 3 nitrogen and oxygen atoms in total. The van der Waals surface area contributed by atoms with Crippen molar-refractivity contribution >= 4 is 34.7 Å². The van der Waals surface area contributed by atoms with Crippen LogP contribution in [-0.2, 0) is 6.54 Å². The predicted molar refractivity (Wildman–Crippen MR) is 112 cm³/mol. The normalized spacial score (nSPS) is 14.2. The summed E-state index contributed by atoms with van der Waals surface area (Å²) in [6.07, 6.45) is 6.14. The van der Waals surface area contributed by atoms with Gasteiger partial charge in [0.05, 0.1) is 11.1 Å². The van der Waals surface area contributed by atoms with Gasteiger partial charge in [-0.25, -0.2) is 0 Å². The molecule has 0 saturated heterocycles. The van der Waals surface area contributed by atoms with Crippen molar-refractivity contribution < 1.29 is 33.3 Å². The maximum Gasteiger partial charge on any atom is 0.262 e. The molecule has 1 aromatic heterocycles. The first-order chi connectivity index (χ1) is 13.1. The van der Waals surface area contributed by atoms with Crippen LogP contribution in [0.15, 0.2) is 71.9 Å². The summed E-state index contributed by atoms with van der Waals surface area (Å²) in [5, 5.41) is 4.07. The molecule has 0 unspecified atom stereocenters. The monoisotopic (exact) mass is 522 g/mol. The highest BCUT2D eigenvalue weighted by molar-refractivity contribution is 7.10. The largest absolute Gasteiger partial charge is 1.00 e. The topological polar surface area (TPSA) is 16.4 Å². The molecule has 4 rings (SSSR count). The molecule has 144 valence electrons. The van der Waals surface area contributed by atoms with Crippen molar-refractivity contribution in [3.05, 3.63) is 93.2 Å². The van der Waals surface area contributed by atoms with Gasteiger partial charge in [-0.2, -0.15) is 4.57 Å². The summed E-state index contributed by atoms with van der Waals surface area (Å²) in [4.78, 5) is 2.02. The number of fused-ring (bicyclic) bond motifs is 1. The van der Waals surface area contributed by atoms with Gasteiger partial charge in [-0.1, -0.05) is 53.3 Å². The molecule has 0 atom stereocenters. The Balaban J connectivity index is 0.00000225. The third kappa shape index (κ3) is 4.42. The van der Waals surface area contributed by atoms with Gasteiger partial charge >= 0.3 is 0 Å². The SMILES string of the molecule is Cc1csc(/C=C/C=C2/Oc3cc(Cl)ccc3N2C)[n+]1Cc1ccccc1.[I-]. The van der Waals surface area contributed by atoms with Crippen molar-refractivity contribution in [2.45, 2.75) is 13.5 Å². The first-order valence-electron chi connectivity index (χ1n) is 8.73. The number of ether oxygens (including phenoxy) is 1. The number of anilines is 1. The van der Waals surface area contributed by atoms with Crippen LogP contribution in [0.25, 0.3) is 6.08 Å². The lowest BCUT2D eigenvalue weighted by atomic mass is 10.2. The molecule has 6 heteroatoms. The zero-order valence-electron chi connectivity index (χ0n) is 15.6. The minimum absolute atomic E-state index is 0. The van der Waals surface area contributed by atoms with E-state index in [-0.39, 0.29) is 24.0 Å². The number of aromatic nitrogens is 1. The number of halogens is 2. The van der Waals surface area contributed by atoms with Gasteiger partial charge in [0.2, 0.25) is 0 Å². The van der Waals surface area contributed by atoms with Gasteiger partial charge in [-0.05, 0) is 24.3 Å². The highest BCUT2D eigenvalue weighted by Crippen LogP contribution is 2.39. The number of thiazole rings is 1. The third-order valence-corrected chi connectivity index (χ3v) is 5.82. The van der Waals surface area contributed by atoms with Gasteiger partial charge in [0.15, 0.2) is 23.9 Å².